The van der Waals surface area contributed by atoms with E-state index in [2.05, 4.69) is 4.52 Å². The van der Waals surface area contributed by atoms with Crippen LogP contribution in [0.15, 0.2) is 0 Å². The third-order valence-electron chi connectivity index (χ3n) is 2.09. The van der Waals surface area contributed by atoms with E-state index in [0.29, 0.717) is 0 Å². The van der Waals surface area contributed by atoms with Gasteiger partial charge < -0.3 is 30.3 Å². The van der Waals surface area contributed by atoms with E-state index in [0.717, 1.165) is 6.92 Å². The van der Waals surface area contributed by atoms with Gasteiger partial charge in [-0.05, 0) is 0 Å². The number of phosphoric acid groups is 1. The maximum Gasteiger partial charge on any atom is 0.527 e. The average molecular weight is 317 g/mol. The SMILES string of the molecule is CC(=O)N[C@@H](C(=O)OP(=O)(O)O)[C@@H](O)[C@H](O)[C@H](O)CO. The van der Waals surface area contributed by atoms with E-state index in [1.165, 1.54) is 0 Å². The van der Waals surface area contributed by atoms with Gasteiger partial charge in [-0.1, -0.05) is 0 Å². The van der Waals surface area contributed by atoms with Gasteiger partial charge in [-0.2, -0.15) is 0 Å². The fourth-order valence-electron chi connectivity index (χ4n) is 1.21. The summed E-state index contributed by atoms with van der Waals surface area (Å²) in [5.41, 5.74) is 0. The van der Waals surface area contributed by atoms with Crippen molar-refractivity contribution in [2.45, 2.75) is 31.3 Å². The van der Waals surface area contributed by atoms with Crippen molar-refractivity contribution in [2.24, 2.45) is 0 Å². The minimum Gasteiger partial charge on any atom is -0.394 e. The molecule has 0 fully saturated rings. The highest BCUT2D eigenvalue weighted by Gasteiger charge is 2.39. The topological polar surface area (TPSA) is 194 Å². The van der Waals surface area contributed by atoms with Crippen LogP contribution in [0.4, 0.5) is 0 Å². The molecule has 118 valence electrons. The normalized spacial score (nSPS) is 17.8. The minimum absolute atomic E-state index is 0.873. The Labute approximate surface area is 113 Å². The predicted octanol–water partition coefficient (Wildman–Crippen LogP) is -3.80. The molecule has 1 amide bonds. The molecule has 0 saturated heterocycles. The van der Waals surface area contributed by atoms with Gasteiger partial charge >= 0.3 is 13.8 Å². The summed E-state index contributed by atoms with van der Waals surface area (Å²) in [6.45, 7) is -0.0299. The second kappa shape index (κ2) is 7.64. The molecule has 0 aliphatic heterocycles. The molecule has 0 spiro atoms. The Morgan fingerprint density at radius 1 is 1.20 bits per heavy atom. The van der Waals surface area contributed by atoms with Crippen LogP contribution < -0.4 is 5.32 Å². The van der Waals surface area contributed by atoms with Crippen molar-refractivity contribution in [3.63, 3.8) is 0 Å². The number of hydrogen-bond donors (Lipinski definition) is 7. The fraction of sp³-hybridized carbons (Fsp3) is 0.750. The second-order valence-electron chi connectivity index (χ2n) is 3.81. The van der Waals surface area contributed by atoms with E-state index in [9.17, 15) is 24.4 Å². The number of aliphatic hydroxyl groups excluding tert-OH is 4. The molecular weight excluding hydrogens is 301 g/mol. The molecular formula is C8H16NO10P. The standard InChI is InChI=1S/C8H16NO10P/c1-3(11)9-5(8(15)19-20(16,17)18)7(14)6(13)4(12)2-10/h4-7,10,12-14H,2H2,1H3,(H,9,11)(H2,16,17,18)/t4-,5-,6-,7-/m1/s1. The van der Waals surface area contributed by atoms with E-state index >= 15 is 0 Å². The lowest BCUT2D eigenvalue weighted by Gasteiger charge is -2.27. The summed E-state index contributed by atoms with van der Waals surface area (Å²) in [6, 6.07) is -2.05. The lowest BCUT2D eigenvalue weighted by Crippen LogP contribution is -2.56. The summed E-state index contributed by atoms with van der Waals surface area (Å²) in [4.78, 5) is 39.2. The monoisotopic (exact) mass is 317 g/mol. The second-order valence-corrected chi connectivity index (χ2v) is 4.97. The van der Waals surface area contributed by atoms with Crippen LogP contribution in [0.1, 0.15) is 6.92 Å². The van der Waals surface area contributed by atoms with Crippen LogP contribution in [-0.2, 0) is 18.7 Å². The first-order valence-electron chi connectivity index (χ1n) is 5.20. The van der Waals surface area contributed by atoms with E-state index in [1.807, 2.05) is 0 Å². The van der Waals surface area contributed by atoms with Crippen molar-refractivity contribution < 1.29 is 48.9 Å². The first-order valence-corrected chi connectivity index (χ1v) is 6.73. The maximum atomic E-state index is 11.4. The van der Waals surface area contributed by atoms with Crippen molar-refractivity contribution in [2.75, 3.05) is 6.61 Å². The van der Waals surface area contributed by atoms with Gasteiger partial charge in [0.05, 0.1) is 6.61 Å². The number of carbonyl (C=O) groups is 2. The van der Waals surface area contributed by atoms with Crippen LogP contribution in [0.25, 0.3) is 0 Å². The summed E-state index contributed by atoms with van der Waals surface area (Å²) in [7, 11) is -5.23. The van der Waals surface area contributed by atoms with Gasteiger partial charge in [0, 0.05) is 6.92 Å². The quantitative estimate of drug-likeness (QED) is 0.229. The molecule has 0 bridgehead atoms. The van der Waals surface area contributed by atoms with Crippen molar-refractivity contribution in [3.05, 3.63) is 0 Å². The highest BCUT2D eigenvalue weighted by Crippen LogP contribution is 2.36. The van der Waals surface area contributed by atoms with Gasteiger partial charge in [0.2, 0.25) is 5.91 Å². The number of carbonyl (C=O) groups excluding carboxylic acids is 2. The number of rotatable bonds is 7. The fourth-order valence-corrected chi connectivity index (χ4v) is 1.56. The Kier molecular flexibility index (Phi) is 7.23. The van der Waals surface area contributed by atoms with Crippen molar-refractivity contribution >= 4 is 19.7 Å². The number of nitrogens with one attached hydrogen (secondary N) is 1. The lowest BCUT2D eigenvalue weighted by molar-refractivity contribution is -0.150. The van der Waals surface area contributed by atoms with Crippen molar-refractivity contribution in [1.82, 2.24) is 5.32 Å². The molecule has 0 aromatic heterocycles. The Bertz CT molecular complexity index is 395. The average Bonchev–Trinajstić information content (AvgIpc) is 2.30. The van der Waals surface area contributed by atoms with Crippen LogP contribution in [0.2, 0.25) is 0 Å². The highest BCUT2D eigenvalue weighted by atomic mass is 31.2. The first-order chi connectivity index (χ1) is 8.99. The van der Waals surface area contributed by atoms with Crippen molar-refractivity contribution in [1.29, 1.82) is 0 Å². The highest BCUT2D eigenvalue weighted by molar-refractivity contribution is 7.46. The van der Waals surface area contributed by atoms with Crippen LogP contribution >= 0.6 is 7.82 Å². The molecule has 7 N–H and O–H groups in total. The summed E-state index contributed by atoms with van der Waals surface area (Å²) in [6.07, 6.45) is -6.08. The third kappa shape index (κ3) is 6.39. The lowest BCUT2D eigenvalue weighted by atomic mass is 10.0. The first kappa shape index (κ1) is 18.9. The summed E-state index contributed by atoms with van der Waals surface area (Å²) >= 11 is 0. The molecule has 0 saturated carbocycles. The molecule has 0 aromatic carbocycles. The third-order valence-corrected chi connectivity index (χ3v) is 2.51. The molecule has 0 heterocycles. The van der Waals surface area contributed by atoms with Crippen LogP contribution in [0.3, 0.4) is 0 Å². The number of hydrogen-bond acceptors (Lipinski definition) is 8. The van der Waals surface area contributed by atoms with Gasteiger partial charge in [-0.15, -0.1) is 0 Å². The number of amides is 1. The Morgan fingerprint density at radius 3 is 2.05 bits per heavy atom. The molecule has 0 aliphatic rings. The van der Waals surface area contributed by atoms with E-state index in [-0.39, 0.29) is 0 Å². The summed E-state index contributed by atoms with van der Waals surface area (Å²) < 4.78 is 14.2. The Balaban J connectivity index is 5.09. The van der Waals surface area contributed by atoms with E-state index in [4.69, 9.17) is 20.0 Å². The zero-order valence-corrected chi connectivity index (χ0v) is 11.2. The molecule has 4 atom stereocenters. The van der Waals surface area contributed by atoms with Crippen LogP contribution in [0.5, 0.6) is 0 Å². The molecule has 0 radical (unpaired) electrons. The zero-order valence-electron chi connectivity index (χ0n) is 10.3. The number of aliphatic hydroxyl groups is 4. The zero-order chi connectivity index (χ0) is 16.1. The van der Waals surface area contributed by atoms with Crippen LogP contribution in [-0.4, -0.2) is 73.1 Å². The molecule has 0 aliphatic carbocycles. The Morgan fingerprint density at radius 2 is 1.70 bits per heavy atom. The number of phosphoric ester groups is 1. The minimum atomic E-state index is -5.23. The van der Waals surface area contributed by atoms with E-state index in [1.54, 1.807) is 5.32 Å². The Hall–Kier alpha value is -1.07. The van der Waals surface area contributed by atoms with Gasteiger partial charge in [0.25, 0.3) is 0 Å². The van der Waals surface area contributed by atoms with Gasteiger partial charge in [-0.25, -0.2) is 9.36 Å². The smallest absolute Gasteiger partial charge is 0.394 e. The molecule has 20 heavy (non-hydrogen) atoms. The van der Waals surface area contributed by atoms with Gasteiger partial charge in [0.15, 0.2) is 6.04 Å². The maximum absolute atomic E-state index is 11.4. The predicted molar refractivity (Wildman–Crippen MR) is 60.8 cm³/mol. The van der Waals surface area contributed by atoms with Gasteiger partial charge in [-0.3, -0.25) is 14.6 Å². The molecule has 11 nitrogen and oxygen atoms in total. The largest absolute Gasteiger partial charge is 0.527 e. The summed E-state index contributed by atoms with van der Waals surface area (Å²) in [5, 5.41) is 38.5. The summed E-state index contributed by atoms with van der Waals surface area (Å²) in [5.74, 6) is -2.59. The molecule has 0 unspecified atom stereocenters. The molecule has 0 aromatic rings. The van der Waals surface area contributed by atoms with E-state index < -0.39 is 50.7 Å². The molecule has 12 heteroatoms. The van der Waals surface area contributed by atoms with Crippen LogP contribution in [0, 0.1) is 0 Å². The van der Waals surface area contributed by atoms with Gasteiger partial charge in [0.1, 0.15) is 18.3 Å². The molecule has 0 rings (SSSR count). The van der Waals surface area contributed by atoms with Crippen molar-refractivity contribution in [3.8, 4) is 0 Å².